The molecule has 0 aromatic carbocycles. The van der Waals surface area contributed by atoms with E-state index in [0.717, 1.165) is 5.56 Å². The number of aryl methyl sites for hydroxylation is 1. The number of halogens is 1. The average molecular weight is 161 g/mol. The van der Waals surface area contributed by atoms with E-state index in [1.807, 2.05) is 6.92 Å². The van der Waals surface area contributed by atoms with Gasteiger partial charge < -0.3 is 5.11 Å². The van der Waals surface area contributed by atoms with E-state index >= 15 is 0 Å². The second-order valence-electron chi connectivity index (χ2n) is 2.07. The van der Waals surface area contributed by atoms with Crippen molar-refractivity contribution in [3.63, 3.8) is 0 Å². The smallest absolute Gasteiger partial charge is 0.130 e. The quantitative estimate of drug-likeness (QED) is 0.696. The highest BCUT2D eigenvalue weighted by atomic mass is 35.5. The Bertz CT molecular complexity index is 222. The third kappa shape index (κ3) is 1.30. The minimum absolute atomic E-state index is 0.0703. The zero-order valence-corrected chi connectivity index (χ0v) is 6.47. The molecule has 0 saturated carbocycles. The van der Waals surface area contributed by atoms with E-state index in [2.05, 4.69) is 5.10 Å². The summed E-state index contributed by atoms with van der Waals surface area (Å²) < 4.78 is 1.57. The Morgan fingerprint density at radius 2 is 2.50 bits per heavy atom. The van der Waals surface area contributed by atoms with Crippen LogP contribution in [0.3, 0.4) is 0 Å². The molecule has 1 heterocycles. The van der Waals surface area contributed by atoms with Gasteiger partial charge in [-0.15, -0.1) is 0 Å². The minimum Gasteiger partial charge on any atom is -0.394 e. The molecule has 1 aromatic rings. The molecule has 1 rings (SSSR count). The van der Waals surface area contributed by atoms with Crippen molar-refractivity contribution in [1.82, 2.24) is 9.78 Å². The standard InChI is InChI=1S/C6H9ClN2O/c1-5-4-8-9(2-3-10)6(5)7/h4,10H,2-3H2,1H3. The monoisotopic (exact) mass is 160 g/mol. The van der Waals surface area contributed by atoms with Gasteiger partial charge >= 0.3 is 0 Å². The van der Waals surface area contributed by atoms with E-state index < -0.39 is 0 Å². The van der Waals surface area contributed by atoms with Gasteiger partial charge in [0, 0.05) is 5.56 Å². The van der Waals surface area contributed by atoms with Crippen LogP contribution in [-0.2, 0) is 6.54 Å². The highest BCUT2D eigenvalue weighted by molar-refractivity contribution is 6.30. The van der Waals surface area contributed by atoms with Gasteiger partial charge in [0.2, 0.25) is 0 Å². The molecule has 0 amide bonds. The van der Waals surface area contributed by atoms with Crippen molar-refractivity contribution in [1.29, 1.82) is 0 Å². The molecule has 56 valence electrons. The van der Waals surface area contributed by atoms with E-state index in [1.165, 1.54) is 0 Å². The fourth-order valence-corrected chi connectivity index (χ4v) is 0.891. The van der Waals surface area contributed by atoms with Crippen molar-refractivity contribution >= 4 is 11.6 Å². The van der Waals surface area contributed by atoms with Crippen LogP contribution < -0.4 is 0 Å². The van der Waals surface area contributed by atoms with E-state index in [-0.39, 0.29) is 6.61 Å². The van der Waals surface area contributed by atoms with E-state index in [1.54, 1.807) is 10.9 Å². The van der Waals surface area contributed by atoms with E-state index in [0.29, 0.717) is 11.7 Å². The second-order valence-corrected chi connectivity index (χ2v) is 2.42. The lowest BCUT2D eigenvalue weighted by Crippen LogP contribution is -2.03. The summed E-state index contributed by atoms with van der Waals surface area (Å²) in [6.45, 7) is 2.41. The van der Waals surface area contributed by atoms with Gasteiger partial charge in [0.1, 0.15) is 5.15 Å². The summed E-state index contributed by atoms with van der Waals surface area (Å²) in [6, 6.07) is 0. The van der Waals surface area contributed by atoms with Gasteiger partial charge in [0.25, 0.3) is 0 Å². The van der Waals surface area contributed by atoms with Crippen molar-refractivity contribution in [2.75, 3.05) is 6.61 Å². The maximum atomic E-state index is 8.53. The first-order chi connectivity index (χ1) is 4.75. The summed E-state index contributed by atoms with van der Waals surface area (Å²) in [6.07, 6.45) is 1.68. The van der Waals surface area contributed by atoms with Gasteiger partial charge in [-0.3, -0.25) is 4.68 Å². The number of nitrogens with zero attached hydrogens (tertiary/aromatic N) is 2. The van der Waals surface area contributed by atoms with Gasteiger partial charge in [-0.05, 0) is 6.92 Å². The van der Waals surface area contributed by atoms with Crippen LogP contribution in [-0.4, -0.2) is 21.5 Å². The fourth-order valence-electron chi connectivity index (χ4n) is 0.714. The third-order valence-corrected chi connectivity index (χ3v) is 1.75. The number of hydrogen-bond donors (Lipinski definition) is 1. The van der Waals surface area contributed by atoms with Crippen LogP contribution in [0.25, 0.3) is 0 Å². The Morgan fingerprint density at radius 3 is 2.90 bits per heavy atom. The zero-order chi connectivity index (χ0) is 7.56. The normalized spacial score (nSPS) is 10.3. The number of aliphatic hydroxyl groups excluding tert-OH is 1. The minimum atomic E-state index is 0.0703. The van der Waals surface area contributed by atoms with Crippen LogP contribution in [0.4, 0.5) is 0 Å². The van der Waals surface area contributed by atoms with Crippen LogP contribution in [0.15, 0.2) is 6.20 Å². The lowest BCUT2D eigenvalue weighted by molar-refractivity contribution is 0.269. The largest absolute Gasteiger partial charge is 0.394 e. The maximum absolute atomic E-state index is 8.53. The van der Waals surface area contributed by atoms with Gasteiger partial charge in [-0.25, -0.2) is 0 Å². The summed E-state index contributed by atoms with van der Waals surface area (Å²) in [4.78, 5) is 0. The van der Waals surface area contributed by atoms with Gasteiger partial charge in [0.15, 0.2) is 0 Å². The Morgan fingerprint density at radius 1 is 1.80 bits per heavy atom. The lowest BCUT2D eigenvalue weighted by atomic mass is 10.4. The first-order valence-corrected chi connectivity index (χ1v) is 3.42. The summed E-state index contributed by atoms with van der Waals surface area (Å²) in [5, 5.41) is 13.1. The Balaban J connectivity index is 2.83. The molecule has 0 atom stereocenters. The number of aliphatic hydroxyl groups is 1. The number of rotatable bonds is 2. The summed E-state index contributed by atoms with van der Waals surface area (Å²) >= 11 is 5.78. The predicted molar refractivity (Wildman–Crippen MR) is 39.1 cm³/mol. The molecule has 0 saturated heterocycles. The first-order valence-electron chi connectivity index (χ1n) is 3.04. The molecule has 0 unspecified atom stereocenters. The van der Waals surface area contributed by atoms with Crippen molar-refractivity contribution in [2.45, 2.75) is 13.5 Å². The molecule has 1 N–H and O–H groups in total. The van der Waals surface area contributed by atoms with Crippen LogP contribution >= 0.6 is 11.6 Å². The average Bonchev–Trinajstić information content (AvgIpc) is 2.20. The Labute approximate surface area is 64.2 Å². The van der Waals surface area contributed by atoms with Crippen molar-refractivity contribution in [3.8, 4) is 0 Å². The van der Waals surface area contributed by atoms with Gasteiger partial charge in [-0.2, -0.15) is 5.10 Å². The Kier molecular flexibility index (Phi) is 2.29. The van der Waals surface area contributed by atoms with Crippen LogP contribution in [0.1, 0.15) is 5.56 Å². The van der Waals surface area contributed by atoms with Crippen LogP contribution in [0.5, 0.6) is 0 Å². The predicted octanol–water partition coefficient (Wildman–Crippen LogP) is 0.837. The molecule has 0 spiro atoms. The Hall–Kier alpha value is -0.540. The molecule has 0 bridgehead atoms. The second kappa shape index (κ2) is 3.03. The summed E-state index contributed by atoms with van der Waals surface area (Å²) in [7, 11) is 0. The topological polar surface area (TPSA) is 38.0 Å². The number of aromatic nitrogens is 2. The molecule has 4 heteroatoms. The molecule has 0 radical (unpaired) electrons. The lowest BCUT2D eigenvalue weighted by Gasteiger charge is -1.97. The molecule has 10 heavy (non-hydrogen) atoms. The third-order valence-electron chi connectivity index (χ3n) is 1.25. The van der Waals surface area contributed by atoms with E-state index in [4.69, 9.17) is 16.7 Å². The fraction of sp³-hybridized carbons (Fsp3) is 0.500. The molecular weight excluding hydrogens is 152 g/mol. The van der Waals surface area contributed by atoms with Crippen molar-refractivity contribution < 1.29 is 5.11 Å². The molecule has 0 aliphatic heterocycles. The van der Waals surface area contributed by atoms with Crippen molar-refractivity contribution in [3.05, 3.63) is 16.9 Å². The van der Waals surface area contributed by atoms with Crippen LogP contribution in [0, 0.1) is 6.92 Å². The van der Waals surface area contributed by atoms with Gasteiger partial charge in [-0.1, -0.05) is 11.6 Å². The molecule has 1 aromatic heterocycles. The van der Waals surface area contributed by atoms with Crippen molar-refractivity contribution in [2.24, 2.45) is 0 Å². The molecule has 0 aliphatic rings. The molecular formula is C6H9ClN2O. The molecule has 3 nitrogen and oxygen atoms in total. The maximum Gasteiger partial charge on any atom is 0.130 e. The zero-order valence-electron chi connectivity index (χ0n) is 5.71. The summed E-state index contributed by atoms with van der Waals surface area (Å²) in [5.74, 6) is 0. The summed E-state index contributed by atoms with van der Waals surface area (Å²) in [5.41, 5.74) is 0.940. The number of hydrogen-bond acceptors (Lipinski definition) is 2. The highest BCUT2D eigenvalue weighted by Gasteiger charge is 2.01. The first kappa shape index (κ1) is 7.57. The molecule has 0 fully saturated rings. The molecule has 0 aliphatic carbocycles. The van der Waals surface area contributed by atoms with Gasteiger partial charge in [0.05, 0.1) is 19.3 Å². The SMILES string of the molecule is Cc1cnn(CCO)c1Cl. The van der Waals surface area contributed by atoms with Crippen LogP contribution in [0.2, 0.25) is 5.15 Å². The van der Waals surface area contributed by atoms with E-state index in [9.17, 15) is 0 Å². The highest BCUT2D eigenvalue weighted by Crippen LogP contribution is 2.12.